The highest BCUT2D eigenvalue weighted by Crippen LogP contribution is 2.44. The number of carbonyl (C=O) groups excluding carboxylic acids is 4. The molecule has 386 valence electrons. The number of carbonyl (C=O) groups is 4. The molecule has 2 N–H and O–H groups in total. The van der Waals surface area contributed by atoms with Crippen LogP contribution in [0.25, 0.3) is 10.4 Å². The van der Waals surface area contributed by atoms with Gasteiger partial charge in [0, 0.05) is 39.0 Å². The molecule has 0 aliphatic carbocycles. The fourth-order valence-electron chi connectivity index (χ4n) is 8.34. The Morgan fingerprint density at radius 2 is 1.69 bits per heavy atom. The number of benzene rings is 2. The third-order valence-electron chi connectivity index (χ3n) is 12.1. The molecule has 2 aromatic heterocycles. The Bertz CT molecular complexity index is 2670. The fraction of sp³-hybridized carbons (Fsp3) is 0.480. The van der Waals surface area contributed by atoms with E-state index in [1.54, 1.807) is 16.2 Å². The first-order valence-electron chi connectivity index (χ1n) is 23.3. The molecule has 0 spiro atoms. The molecule has 0 unspecified atom stereocenters. The second-order valence-electron chi connectivity index (χ2n) is 18.8. The largest absolute Gasteiger partial charge is 0.494 e. The molecule has 22 heteroatoms. The van der Waals surface area contributed by atoms with Gasteiger partial charge in [-0.2, -0.15) is 18.4 Å². The zero-order valence-electron chi connectivity index (χ0n) is 41.1. The smallest absolute Gasteiger partial charge is 0.420 e. The van der Waals surface area contributed by atoms with Crippen molar-refractivity contribution in [1.82, 2.24) is 25.5 Å². The average molecular weight is 1040 g/mol. The minimum atomic E-state index is -5.22. The summed E-state index contributed by atoms with van der Waals surface area (Å²) in [5, 5.41) is 14.7. The number of nitrogens with zero attached hydrogens (tertiary/aromatic N) is 6. The highest BCUT2D eigenvalue weighted by Gasteiger charge is 2.53. The van der Waals surface area contributed by atoms with Crippen LogP contribution in [0.5, 0.6) is 11.6 Å². The van der Waals surface area contributed by atoms with Gasteiger partial charge in [-0.25, -0.2) is 14.4 Å². The van der Waals surface area contributed by atoms with Crippen molar-refractivity contribution in [3.05, 3.63) is 82.4 Å². The molecule has 4 aromatic rings. The Morgan fingerprint density at radius 1 is 1.00 bits per heavy atom. The highest BCUT2D eigenvalue weighted by molar-refractivity contribution is 7.81. The number of aryl methyl sites for hydroxylation is 1. The van der Waals surface area contributed by atoms with Crippen LogP contribution in [0.4, 0.5) is 28.9 Å². The van der Waals surface area contributed by atoms with Crippen LogP contribution in [-0.4, -0.2) is 108 Å². The summed E-state index contributed by atoms with van der Waals surface area (Å²) in [4.78, 5) is 67.2. The van der Waals surface area contributed by atoms with Crippen LogP contribution >= 0.6 is 23.6 Å². The number of alkyl halides is 3. The predicted molar refractivity (Wildman–Crippen MR) is 265 cm³/mol. The summed E-state index contributed by atoms with van der Waals surface area (Å²) < 4.78 is 79.5. The molecular formula is C50H58F4N8O8S2. The molecule has 2 aromatic carbocycles. The van der Waals surface area contributed by atoms with Crippen molar-refractivity contribution >= 4 is 63.7 Å². The van der Waals surface area contributed by atoms with Crippen LogP contribution < -0.4 is 29.9 Å². The van der Waals surface area contributed by atoms with Gasteiger partial charge < -0.3 is 34.5 Å². The molecule has 2 fully saturated rings. The Balaban J connectivity index is 0.889. The Labute approximate surface area is 425 Å². The second kappa shape index (κ2) is 23.5. The maximum atomic E-state index is 15.5. The van der Waals surface area contributed by atoms with Gasteiger partial charge in [0.15, 0.2) is 10.9 Å². The summed E-state index contributed by atoms with van der Waals surface area (Å²) in [6, 6.07) is 10.9. The van der Waals surface area contributed by atoms with Gasteiger partial charge in [-0.3, -0.25) is 29.0 Å². The summed E-state index contributed by atoms with van der Waals surface area (Å²) in [6.07, 6.45) is -0.961. The number of hydrogen-bond donors (Lipinski definition) is 2. The van der Waals surface area contributed by atoms with E-state index < -0.39 is 63.7 Å². The van der Waals surface area contributed by atoms with Crippen LogP contribution in [0.1, 0.15) is 89.1 Å². The SMILES string of the molecule is COc1cc(OCCCCOCCCOCC(=O)N[C@H](C(=O)N2CCC[C@H]2C(=O)NCc2ccc(-c3scnc3C)cc2)C(C)(C)C)ncc1N1C(=S)N(c2ccc(C#N)c(C(F)(F)F)c2F)C(=O)C1(C)C. The Kier molecular flexibility index (Phi) is 18.0. The first-order valence-corrected chi connectivity index (χ1v) is 24.6. The number of thiocarbonyl (C=S) groups is 1. The number of nitrogens with one attached hydrogen (secondary N) is 2. The number of methoxy groups -OCH3 is 1. The Morgan fingerprint density at radius 3 is 2.35 bits per heavy atom. The number of hydrogen-bond acceptors (Lipinski definition) is 13. The number of likely N-dealkylation sites (tertiary alicyclic amines) is 1. The highest BCUT2D eigenvalue weighted by atomic mass is 32.1. The summed E-state index contributed by atoms with van der Waals surface area (Å²) in [6.45, 7) is 12.2. The van der Waals surface area contributed by atoms with Gasteiger partial charge >= 0.3 is 6.18 Å². The normalized spacial score (nSPS) is 16.2. The molecule has 0 radical (unpaired) electrons. The number of nitriles is 1. The van der Waals surface area contributed by atoms with E-state index in [-0.39, 0.29) is 54.1 Å². The molecule has 6 rings (SSSR count). The maximum Gasteiger partial charge on any atom is 0.420 e. The van der Waals surface area contributed by atoms with Crippen molar-refractivity contribution in [3.8, 4) is 28.1 Å². The number of unbranched alkanes of at least 4 members (excludes halogenated alkanes) is 1. The van der Waals surface area contributed by atoms with Crippen molar-refractivity contribution in [3.63, 3.8) is 0 Å². The molecule has 4 amide bonds. The molecular weight excluding hydrogens is 981 g/mol. The summed E-state index contributed by atoms with van der Waals surface area (Å²) in [5.41, 5.74) is -0.725. The molecule has 4 heterocycles. The van der Waals surface area contributed by atoms with Crippen LogP contribution in [0.3, 0.4) is 0 Å². The van der Waals surface area contributed by atoms with Gasteiger partial charge in [-0.15, -0.1) is 11.3 Å². The number of pyridine rings is 1. The lowest BCUT2D eigenvalue weighted by Crippen LogP contribution is -2.58. The van der Waals surface area contributed by atoms with Gasteiger partial charge in [0.05, 0.1) is 53.3 Å². The van der Waals surface area contributed by atoms with Crippen LogP contribution in [-0.2, 0) is 41.4 Å². The monoisotopic (exact) mass is 1040 g/mol. The van der Waals surface area contributed by atoms with E-state index in [1.165, 1.54) is 44.2 Å². The fourth-order valence-corrected chi connectivity index (χ4v) is 9.65. The second-order valence-corrected chi connectivity index (χ2v) is 20.0. The third kappa shape index (κ3) is 12.7. The number of amides is 4. The molecule has 2 aliphatic heterocycles. The molecule has 16 nitrogen and oxygen atoms in total. The number of ether oxygens (including phenoxy) is 4. The number of halogens is 4. The van der Waals surface area contributed by atoms with Gasteiger partial charge in [-0.1, -0.05) is 45.0 Å². The topological polar surface area (TPSA) is 189 Å². The Hall–Kier alpha value is -6.28. The zero-order chi connectivity index (χ0) is 52.5. The summed E-state index contributed by atoms with van der Waals surface area (Å²) in [5.74, 6) is -3.29. The minimum absolute atomic E-state index is 0.168. The molecule has 2 saturated heterocycles. The molecule has 2 atom stereocenters. The van der Waals surface area contributed by atoms with Gasteiger partial charge in [0.25, 0.3) is 5.91 Å². The lowest BCUT2D eigenvalue weighted by atomic mass is 9.85. The first-order chi connectivity index (χ1) is 34.1. The van der Waals surface area contributed by atoms with Crippen molar-refractivity contribution in [2.75, 3.05) is 56.5 Å². The summed E-state index contributed by atoms with van der Waals surface area (Å²) >= 11 is 7.12. The van der Waals surface area contributed by atoms with E-state index in [1.807, 2.05) is 57.5 Å². The van der Waals surface area contributed by atoms with E-state index in [4.69, 9.17) is 31.2 Å². The van der Waals surface area contributed by atoms with Gasteiger partial charge in [0.2, 0.25) is 23.6 Å². The average Bonchev–Trinajstić information content (AvgIpc) is 4.05. The maximum absolute atomic E-state index is 15.5. The van der Waals surface area contributed by atoms with E-state index >= 15 is 4.39 Å². The zero-order valence-corrected chi connectivity index (χ0v) is 42.7. The van der Waals surface area contributed by atoms with E-state index in [0.717, 1.165) is 33.8 Å². The van der Waals surface area contributed by atoms with Crippen molar-refractivity contribution in [2.45, 2.75) is 104 Å². The lowest BCUT2D eigenvalue weighted by Gasteiger charge is -2.35. The predicted octanol–water partition coefficient (Wildman–Crippen LogP) is 7.89. The lowest BCUT2D eigenvalue weighted by molar-refractivity contribution is -0.144. The molecule has 72 heavy (non-hydrogen) atoms. The number of thiazole rings is 1. The van der Waals surface area contributed by atoms with E-state index in [9.17, 15) is 37.6 Å². The number of anilines is 2. The van der Waals surface area contributed by atoms with Crippen molar-refractivity contribution in [2.24, 2.45) is 5.41 Å². The number of rotatable bonds is 21. The molecule has 0 bridgehead atoms. The first kappa shape index (κ1) is 55.0. The van der Waals surface area contributed by atoms with Crippen LogP contribution in [0.2, 0.25) is 0 Å². The van der Waals surface area contributed by atoms with Crippen LogP contribution in [0.15, 0.2) is 54.2 Å². The third-order valence-corrected chi connectivity index (χ3v) is 13.5. The van der Waals surface area contributed by atoms with E-state index in [2.05, 4.69) is 20.6 Å². The van der Waals surface area contributed by atoms with Gasteiger partial charge in [0.1, 0.15) is 41.2 Å². The van der Waals surface area contributed by atoms with Crippen LogP contribution in [0, 0.1) is 29.5 Å². The molecule has 0 saturated carbocycles. The molecule has 2 aliphatic rings. The van der Waals surface area contributed by atoms with Gasteiger partial charge in [-0.05, 0) is 93.8 Å². The van der Waals surface area contributed by atoms with Crippen molar-refractivity contribution < 1.29 is 55.7 Å². The quantitative estimate of drug-likeness (QED) is 0.0466. The standard InChI is InChI=1S/C50H58F4N8O8S2/c1-30-42(72-29-58-30)32-15-13-31(14-16-32)26-57-44(64)35-12-10-19-60(35)45(65)43(48(2,3)4)59-38(63)28-69-22-11-21-68-20-8-9-23-70-39-24-37(67-7)36(27-56-39)62-47(71)61(46(66)49(62,5)6)34-18-17-33(25-55)40(41(34)51)50(52,53)54/h13-18,24,27,29,35,43H,8-12,19-23,26,28H2,1-7H3,(H,57,64)(H,59,63)/t35-,43+/m0/s1. The van der Waals surface area contributed by atoms with Crippen molar-refractivity contribution in [1.29, 1.82) is 5.26 Å². The van der Waals surface area contributed by atoms with E-state index in [0.29, 0.717) is 63.3 Å². The summed E-state index contributed by atoms with van der Waals surface area (Å²) in [7, 11) is 1.36. The number of aromatic nitrogens is 2. The minimum Gasteiger partial charge on any atom is -0.494 e.